The van der Waals surface area contributed by atoms with Gasteiger partial charge in [0, 0.05) is 20.5 Å². The van der Waals surface area contributed by atoms with Crippen LogP contribution in [0.15, 0.2) is 30.6 Å². The van der Waals surface area contributed by atoms with Crippen LogP contribution in [-0.4, -0.2) is 9.97 Å². The van der Waals surface area contributed by atoms with Crippen molar-refractivity contribution in [2.75, 3.05) is 5.32 Å². The first-order chi connectivity index (χ1) is 8.33. The summed E-state index contributed by atoms with van der Waals surface area (Å²) >= 11 is 2.30. The van der Waals surface area contributed by atoms with E-state index >= 15 is 0 Å². The SMILES string of the molecule is Cl.Ic1ccc(Nc2ncnc3c2CCC3)cc1. The van der Waals surface area contributed by atoms with Crippen LogP contribution in [0.3, 0.4) is 0 Å². The molecule has 3 nitrogen and oxygen atoms in total. The second-order valence-corrected chi connectivity index (χ2v) is 5.38. The molecule has 3 rings (SSSR count). The lowest BCUT2D eigenvalue weighted by molar-refractivity contribution is 0.899. The minimum absolute atomic E-state index is 0. The fourth-order valence-corrected chi connectivity index (χ4v) is 2.50. The van der Waals surface area contributed by atoms with Crippen molar-refractivity contribution in [1.29, 1.82) is 0 Å². The van der Waals surface area contributed by atoms with Crippen LogP contribution >= 0.6 is 35.0 Å². The molecule has 0 spiro atoms. The number of rotatable bonds is 2. The smallest absolute Gasteiger partial charge is 0.137 e. The highest BCUT2D eigenvalue weighted by atomic mass is 127. The van der Waals surface area contributed by atoms with Crippen molar-refractivity contribution >= 4 is 46.5 Å². The molecule has 0 bridgehead atoms. The maximum absolute atomic E-state index is 4.34. The molecule has 1 aromatic heterocycles. The highest BCUT2D eigenvalue weighted by molar-refractivity contribution is 14.1. The predicted molar refractivity (Wildman–Crippen MR) is 83.7 cm³/mol. The Morgan fingerprint density at radius 2 is 1.83 bits per heavy atom. The van der Waals surface area contributed by atoms with E-state index in [1.54, 1.807) is 6.33 Å². The molecule has 0 atom stereocenters. The number of hydrogen-bond donors (Lipinski definition) is 1. The van der Waals surface area contributed by atoms with Gasteiger partial charge in [-0.3, -0.25) is 0 Å². The van der Waals surface area contributed by atoms with Gasteiger partial charge >= 0.3 is 0 Å². The lowest BCUT2D eigenvalue weighted by Crippen LogP contribution is -2.00. The molecule has 1 aliphatic carbocycles. The zero-order valence-electron chi connectivity index (χ0n) is 9.69. The van der Waals surface area contributed by atoms with Crippen LogP contribution in [0, 0.1) is 3.57 Å². The van der Waals surface area contributed by atoms with E-state index in [0.29, 0.717) is 0 Å². The molecule has 1 aromatic carbocycles. The summed E-state index contributed by atoms with van der Waals surface area (Å²) in [6.45, 7) is 0. The van der Waals surface area contributed by atoms with Gasteiger partial charge in [0.25, 0.3) is 0 Å². The second kappa shape index (κ2) is 5.84. The Morgan fingerprint density at radius 3 is 2.61 bits per heavy atom. The topological polar surface area (TPSA) is 37.8 Å². The van der Waals surface area contributed by atoms with Crippen molar-refractivity contribution in [3.63, 3.8) is 0 Å². The molecule has 0 radical (unpaired) electrons. The molecule has 0 aliphatic heterocycles. The van der Waals surface area contributed by atoms with Crippen molar-refractivity contribution in [3.8, 4) is 0 Å². The summed E-state index contributed by atoms with van der Waals surface area (Å²) < 4.78 is 1.24. The Balaban J connectivity index is 0.00000120. The average molecular weight is 374 g/mol. The van der Waals surface area contributed by atoms with E-state index in [9.17, 15) is 0 Å². The van der Waals surface area contributed by atoms with Crippen LogP contribution in [0.4, 0.5) is 11.5 Å². The zero-order valence-corrected chi connectivity index (χ0v) is 12.7. The van der Waals surface area contributed by atoms with Crippen LogP contribution in [-0.2, 0) is 12.8 Å². The number of halogens is 2. The average Bonchev–Trinajstić information content (AvgIpc) is 2.81. The Kier molecular flexibility index (Phi) is 4.40. The molecule has 0 amide bonds. The van der Waals surface area contributed by atoms with Gasteiger partial charge in [-0.2, -0.15) is 0 Å². The lowest BCUT2D eigenvalue weighted by Gasteiger charge is -2.09. The largest absolute Gasteiger partial charge is 0.340 e. The van der Waals surface area contributed by atoms with E-state index in [2.05, 4.69) is 62.1 Å². The predicted octanol–water partition coefficient (Wildman–Crippen LogP) is 3.74. The first-order valence-electron chi connectivity index (χ1n) is 5.68. The van der Waals surface area contributed by atoms with Crippen LogP contribution in [0.2, 0.25) is 0 Å². The summed E-state index contributed by atoms with van der Waals surface area (Å²) in [4.78, 5) is 8.67. The van der Waals surface area contributed by atoms with Gasteiger partial charge in [0.05, 0.1) is 0 Å². The highest BCUT2D eigenvalue weighted by Crippen LogP contribution is 2.27. The zero-order chi connectivity index (χ0) is 11.7. The van der Waals surface area contributed by atoms with Crippen molar-refractivity contribution in [2.45, 2.75) is 19.3 Å². The third-order valence-electron chi connectivity index (χ3n) is 2.98. The van der Waals surface area contributed by atoms with Crippen molar-refractivity contribution in [1.82, 2.24) is 9.97 Å². The molecule has 0 saturated heterocycles. The number of fused-ring (bicyclic) bond motifs is 1. The number of benzene rings is 1. The molecule has 18 heavy (non-hydrogen) atoms. The number of aryl methyl sites for hydroxylation is 1. The van der Waals surface area contributed by atoms with Gasteiger partial charge in [-0.05, 0) is 66.1 Å². The number of nitrogens with zero attached hydrogens (tertiary/aromatic N) is 2. The molecule has 1 N–H and O–H groups in total. The van der Waals surface area contributed by atoms with Gasteiger partial charge in [-0.1, -0.05) is 0 Å². The van der Waals surface area contributed by atoms with Crippen LogP contribution in [0.5, 0.6) is 0 Å². The Labute approximate surface area is 126 Å². The minimum Gasteiger partial charge on any atom is -0.340 e. The number of aromatic nitrogens is 2. The van der Waals surface area contributed by atoms with E-state index < -0.39 is 0 Å². The monoisotopic (exact) mass is 373 g/mol. The fourth-order valence-electron chi connectivity index (χ4n) is 2.14. The number of nitrogens with one attached hydrogen (secondary N) is 1. The van der Waals surface area contributed by atoms with Gasteiger partial charge in [0.2, 0.25) is 0 Å². The molecule has 5 heteroatoms. The van der Waals surface area contributed by atoms with E-state index in [1.807, 2.05) is 0 Å². The summed E-state index contributed by atoms with van der Waals surface area (Å²) in [5.41, 5.74) is 3.57. The van der Waals surface area contributed by atoms with Gasteiger partial charge in [-0.15, -0.1) is 12.4 Å². The Bertz CT molecular complexity index is 542. The molecular weight excluding hydrogens is 361 g/mol. The Hall–Kier alpha value is -0.880. The van der Waals surface area contributed by atoms with Crippen molar-refractivity contribution in [2.24, 2.45) is 0 Å². The lowest BCUT2D eigenvalue weighted by atomic mass is 10.2. The summed E-state index contributed by atoms with van der Waals surface area (Å²) in [7, 11) is 0. The van der Waals surface area contributed by atoms with E-state index in [-0.39, 0.29) is 12.4 Å². The minimum atomic E-state index is 0. The maximum Gasteiger partial charge on any atom is 0.137 e. The number of hydrogen-bond acceptors (Lipinski definition) is 3. The van der Waals surface area contributed by atoms with Crippen LogP contribution in [0.25, 0.3) is 0 Å². The molecule has 2 aromatic rings. The molecule has 1 heterocycles. The summed E-state index contributed by atoms with van der Waals surface area (Å²) in [6.07, 6.45) is 5.01. The van der Waals surface area contributed by atoms with E-state index in [1.165, 1.54) is 21.2 Å². The quantitative estimate of drug-likeness (QED) is 0.815. The third-order valence-corrected chi connectivity index (χ3v) is 3.70. The third kappa shape index (κ3) is 2.75. The van der Waals surface area contributed by atoms with Gasteiger partial charge in [-0.25, -0.2) is 9.97 Å². The van der Waals surface area contributed by atoms with Gasteiger partial charge in [0.15, 0.2) is 0 Å². The van der Waals surface area contributed by atoms with Crippen LogP contribution in [0.1, 0.15) is 17.7 Å². The highest BCUT2D eigenvalue weighted by Gasteiger charge is 2.16. The maximum atomic E-state index is 4.34. The Morgan fingerprint density at radius 1 is 1.06 bits per heavy atom. The molecule has 94 valence electrons. The van der Waals surface area contributed by atoms with Gasteiger partial charge < -0.3 is 5.32 Å². The second-order valence-electron chi connectivity index (χ2n) is 4.13. The first kappa shape index (κ1) is 13.5. The van der Waals surface area contributed by atoms with Crippen molar-refractivity contribution in [3.05, 3.63) is 45.4 Å². The molecule has 0 fully saturated rings. The normalized spacial score (nSPS) is 12.7. The summed E-state index contributed by atoms with van der Waals surface area (Å²) in [5.74, 6) is 0.966. The van der Waals surface area contributed by atoms with Crippen LogP contribution < -0.4 is 5.32 Å². The fraction of sp³-hybridized carbons (Fsp3) is 0.231. The molecule has 0 unspecified atom stereocenters. The van der Waals surface area contributed by atoms with Gasteiger partial charge in [0.1, 0.15) is 12.1 Å². The van der Waals surface area contributed by atoms with E-state index in [0.717, 1.165) is 24.3 Å². The number of anilines is 2. The molecule has 1 aliphatic rings. The molecular formula is C13H13ClIN3. The summed E-state index contributed by atoms with van der Waals surface area (Å²) in [5, 5.41) is 3.38. The standard InChI is InChI=1S/C13H12IN3.ClH/c14-9-4-6-10(7-5-9)17-13-11-2-1-3-12(11)15-8-16-13;/h4-8H,1-3H2,(H,15,16,17);1H. The van der Waals surface area contributed by atoms with Crippen molar-refractivity contribution < 1.29 is 0 Å². The first-order valence-corrected chi connectivity index (χ1v) is 6.76. The van der Waals surface area contributed by atoms with E-state index in [4.69, 9.17) is 0 Å². The molecule has 0 saturated carbocycles. The summed E-state index contributed by atoms with van der Waals surface area (Å²) in [6, 6.07) is 8.32.